The number of nitrogens with zero attached hydrogens (tertiary/aromatic N) is 1. The number of fused-ring (bicyclic) bond motifs is 1. The number of carbonyl (C=O) groups is 2. The van der Waals surface area contributed by atoms with Gasteiger partial charge in [0.15, 0.2) is 5.78 Å². The molecule has 2 rings (SSSR count). The van der Waals surface area contributed by atoms with Gasteiger partial charge in [-0.3, -0.25) is 9.59 Å². The summed E-state index contributed by atoms with van der Waals surface area (Å²) in [5, 5.41) is 0. The molecular weight excluding hydrogens is 240 g/mol. The van der Waals surface area contributed by atoms with Crippen LogP contribution in [0.25, 0.3) is 0 Å². The monoisotopic (exact) mass is 260 g/mol. The Morgan fingerprint density at radius 3 is 2.79 bits per heavy atom. The molecule has 1 aromatic rings. The van der Waals surface area contributed by atoms with Gasteiger partial charge in [-0.05, 0) is 43.5 Å². The van der Waals surface area contributed by atoms with Crippen molar-refractivity contribution in [2.75, 3.05) is 11.4 Å². The molecule has 0 radical (unpaired) electrons. The first-order valence-corrected chi connectivity index (χ1v) is 6.77. The summed E-state index contributed by atoms with van der Waals surface area (Å²) in [5.41, 5.74) is 8.28. The maximum absolute atomic E-state index is 11.9. The summed E-state index contributed by atoms with van der Waals surface area (Å²) in [4.78, 5) is 25.6. The van der Waals surface area contributed by atoms with Gasteiger partial charge in [-0.15, -0.1) is 0 Å². The van der Waals surface area contributed by atoms with Crippen LogP contribution in [0.15, 0.2) is 18.2 Å². The van der Waals surface area contributed by atoms with Crippen molar-refractivity contribution < 1.29 is 9.59 Å². The Morgan fingerprint density at radius 2 is 2.16 bits per heavy atom. The molecule has 1 aromatic carbocycles. The van der Waals surface area contributed by atoms with Crippen molar-refractivity contribution in [2.24, 2.45) is 5.73 Å². The molecule has 1 atom stereocenters. The van der Waals surface area contributed by atoms with E-state index in [2.05, 4.69) is 0 Å². The highest BCUT2D eigenvalue weighted by Crippen LogP contribution is 2.28. The molecular formula is C15H20N2O2. The quantitative estimate of drug-likeness (QED) is 0.844. The lowest BCUT2D eigenvalue weighted by Crippen LogP contribution is -2.35. The Labute approximate surface area is 113 Å². The van der Waals surface area contributed by atoms with Crippen LogP contribution in [0.5, 0.6) is 0 Å². The number of aryl methyl sites for hydroxylation is 1. The van der Waals surface area contributed by atoms with E-state index in [1.165, 1.54) is 0 Å². The number of carbonyl (C=O) groups excluding carboxylic acids is 2. The largest absolute Gasteiger partial charge is 0.321 e. The van der Waals surface area contributed by atoms with E-state index >= 15 is 0 Å². The summed E-state index contributed by atoms with van der Waals surface area (Å²) < 4.78 is 0. The van der Waals surface area contributed by atoms with Gasteiger partial charge >= 0.3 is 0 Å². The third kappa shape index (κ3) is 2.68. The summed E-state index contributed by atoms with van der Waals surface area (Å²) in [6.45, 7) is 4.32. The lowest BCUT2D eigenvalue weighted by Gasteiger charge is -2.29. The molecule has 1 aliphatic heterocycles. The van der Waals surface area contributed by atoms with Crippen molar-refractivity contribution in [3.05, 3.63) is 29.3 Å². The second-order valence-corrected chi connectivity index (χ2v) is 5.00. The molecule has 1 unspecified atom stereocenters. The summed E-state index contributed by atoms with van der Waals surface area (Å²) in [6, 6.07) is 5.04. The zero-order chi connectivity index (χ0) is 14.0. The van der Waals surface area contributed by atoms with Crippen LogP contribution in [0, 0.1) is 0 Å². The van der Waals surface area contributed by atoms with Gasteiger partial charge in [0.05, 0.1) is 6.04 Å². The minimum absolute atomic E-state index is 0.0539. The van der Waals surface area contributed by atoms with Gasteiger partial charge in [-0.25, -0.2) is 0 Å². The molecule has 1 aliphatic rings. The predicted molar refractivity (Wildman–Crippen MR) is 75.4 cm³/mol. The van der Waals surface area contributed by atoms with Crippen molar-refractivity contribution in [1.29, 1.82) is 0 Å². The molecule has 4 heteroatoms. The number of benzene rings is 1. The number of rotatable bonds is 3. The molecule has 1 heterocycles. The molecule has 102 valence electrons. The second kappa shape index (κ2) is 5.53. The summed E-state index contributed by atoms with van der Waals surface area (Å²) >= 11 is 0. The number of amides is 1. The Kier molecular flexibility index (Phi) is 4.00. The molecule has 4 nitrogen and oxygen atoms in total. The van der Waals surface area contributed by atoms with Crippen molar-refractivity contribution in [3.63, 3.8) is 0 Å². The smallest absolute Gasteiger partial charge is 0.226 e. The fourth-order valence-corrected chi connectivity index (χ4v) is 2.46. The second-order valence-electron chi connectivity index (χ2n) is 5.00. The van der Waals surface area contributed by atoms with Gasteiger partial charge in [-0.1, -0.05) is 6.92 Å². The lowest BCUT2D eigenvalue weighted by atomic mass is 9.96. The minimum atomic E-state index is -0.491. The third-order valence-corrected chi connectivity index (χ3v) is 3.50. The maximum Gasteiger partial charge on any atom is 0.226 e. The van der Waals surface area contributed by atoms with E-state index in [9.17, 15) is 9.59 Å². The van der Waals surface area contributed by atoms with Gasteiger partial charge in [0.2, 0.25) is 5.91 Å². The first-order chi connectivity index (χ1) is 9.04. The normalized spacial score (nSPS) is 15.8. The Morgan fingerprint density at radius 1 is 1.42 bits per heavy atom. The molecule has 19 heavy (non-hydrogen) atoms. The van der Waals surface area contributed by atoms with Crippen LogP contribution in [0.4, 0.5) is 5.69 Å². The van der Waals surface area contributed by atoms with Gasteiger partial charge in [-0.2, -0.15) is 0 Å². The fraction of sp³-hybridized carbons (Fsp3) is 0.467. The molecule has 0 spiro atoms. The van der Waals surface area contributed by atoms with E-state index in [4.69, 9.17) is 5.73 Å². The molecule has 1 amide bonds. The van der Waals surface area contributed by atoms with Crippen molar-refractivity contribution in [2.45, 2.75) is 39.2 Å². The maximum atomic E-state index is 11.9. The number of hydrogen-bond acceptors (Lipinski definition) is 3. The SMILES string of the molecule is CCC(=O)N1CCCc2cc(C(=O)C(C)N)ccc21. The van der Waals surface area contributed by atoms with Crippen LogP contribution in [0.1, 0.15) is 42.6 Å². The van der Waals surface area contributed by atoms with Crippen LogP contribution in [-0.2, 0) is 11.2 Å². The number of nitrogens with two attached hydrogens (primary N) is 1. The summed E-state index contributed by atoms with van der Waals surface area (Å²) in [5.74, 6) is 0.0777. The third-order valence-electron chi connectivity index (χ3n) is 3.50. The summed E-state index contributed by atoms with van der Waals surface area (Å²) in [6.07, 6.45) is 2.34. The molecule has 0 bridgehead atoms. The predicted octanol–water partition coefficient (Wildman–Crippen LogP) is 1.91. The molecule has 0 fully saturated rings. The fourth-order valence-electron chi connectivity index (χ4n) is 2.46. The highest BCUT2D eigenvalue weighted by Gasteiger charge is 2.22. The topological polar surface area (TPSA) is 63.4 Å². The van der Waals surface area contributed by atoms with Crippen LogP contribution in [0.2, 0.25) is 0 Å². The van der Waals surface area contributed by atoms with Gasteiger partial charge in [0.25, 0.3) is 0 Å². The van der Waals surface area contributed by atoms with Crippen LogP contribution in [0.3, 0.4) is 0 Å². The van der Waals surface area contributed by atoms with E-state index in [1.54, 1.807) is 13.0 Å². The van der Waals surface area contributed by atoms with E-state index in [0.29, 0.717) is 12.0 Å². The van der Waals surface area contributed by atoms with Crippen LogP contribution >= 0.6 is 0 Å². The number of Topliss-reactive ketones (excluding diaryl/α,β-unsaturated/α-hetero) is 1. The number of anilines is 1. The van der Waals surface area contributed by atoms with Crippen LogP contribution < -0.4 is 10.6 Å². The van der Waals surface area contributed by atoms with Gasteiger partial charge in [0.1, 0.15) is 0 Å². The summed E-state index contributed by atoms with van der Waals surface area (Å²) in [7, 11) is 0. The Balaban J connectivity index is 2.36. The molecule has 0 saturated carbocycles. The molecule has 0 aliphatic carbocycles. The number of ketones is 1. The first kappa shape index (κ1) is 13.7. The van der Waals surface area contributed by atoms with Crippen LogP contribution in [-0.4, -0.2) is 24.3 Å². The van der Waals surface area contributed by atoms with E-state index in [-0.39, 0.29) is 11.7 Å². The van der Waals surface area contributed by atoms with Gasteiger partial charge < -0.3 is 10.6 Å². The lowest BCUT2D eigenvalue weighted by molar-refractivity contribution is -0.118. The van der Waals surface area contributed by atoms with Crippen molar-refractivity contribution in [3.8, 4) is 0 Å². The van der Waals surface area contributed by atoms with Crippen molar-refractivity contribution in [1.82, 2.24) is 0 Å². The average Bonchev–Trinajstić information content (AvgIpc) is 2.44. The number of hydrogen-bond donors (Lipinski definition) is 1. The standard InChI is InChI=1S/C15H20N2O2/c1-3-14(18)17-8-4-5-11-9-12(6-7-13(11)17)15(19)10(2)16/h6-7,9-10H,3-5,8,16H2,1-2H3. The van der Waals surface area contributed by atoms with Gasteiger partial charge in [0, 0.05) is 24.2 Å². The van der Waals surface area contributed by atoms with E-state index in [0.717, 1.165) is 30.6 Å². The average molecular weight is 260 g/mol. The zero-order valence-electron chi connectivity index (χ0n) is 11.5. The Bertz CT molecular complexity index is 509. The van der Waals surface area contributed by atoms with Crippen molar-refractivity contribution >= 4 is 17.4 Å². The van der Waals surface area contributed by atoms with E-state index in [1.807, 2.05) is 24.0 Å². The highest BCUT2D eigenvalue weighted by molar-refractivity contribution is 6.01. The Hall–Kier alpha value is -1.68. The highest BCUT2D eigenvalue weighted by atomic mass is 16.2. The zero-order valence-corrected chi connectivity index (χ0v) is 11.5. The molecule has 0 saturated heterocycles. The minimum Gasteiger partial charge on any atom is -0.321 e. The van der Waals surface area contributed by atoms with E-state index < -0.39 is 6.04 Å². The molecule has 2 N–H and O–H groups in total. The first-order valence-electron chi connectivity index (χ1n) is 6.77. The molecule has 0 aromatic heterocycles.